The molecule has 2 rings (SSSR count). The molecule has 2 N–H and O–H groups in total. The Morgan fingerprint density at radius 1 is 1.13 bits per heavy atom. The van der Waals surface area contributed by atoms with E-state index in [-0.39, 0.29) is 0 Å². The van der Waals surface area contributed by atoms with Gasteiger partial charge in [-0.2, -0.15) is 18.4 Å². The number of nitriles is 1. The maximum absolute atomic E-state index is 12.4. The van der Waals surface area contributed by atoms with Crippen LogP contribution in [0.4, 0.5) is 24.7 Å². The van der Waals surface area contributed by atoms with Crippen molar-refractivity contribution in [2.75, 3.05) is 23.7 Å². The van der Waals surface area contributed by atoms with Crippen molar-refractivity contribution >= 4 is 23.1 Å². The summed E-state index contributed by atoms with van der Waals surface area (Å²) in [4.78, 5) is 3.71. The van der Waals surface area contributed by atoms with E-state index in [2.05, 4.69) is 15.6 Å². The van der Waals surface area contributed by atoms with Crippen molar-refractivity contribution in [2.24, 2.45) is 0 Å². The van der Waals surface area contributed by atoms with Crippen LogP contribution in [0.3, 0.4) is 0 Å². The molecule has 0 aliphatic heterocycles. The second-order valence-corrected chi connectivity index (χ2v) is 5.00. The zero-order valence-electron chi connectivity index (χ0n) is 11.8. The lowest BCUT2D eigenvalue weighted by Gasteiger charge is -2.10. The smallest absolute Gasteiger partial charge is 0.383 e. The summed E-state index contributed by atoms with van der Waals surface area (Å²) in [5, 5.41) is 15.1. The molecule has 0 spiro atoms. The summed E-state index contributed by atoms with van der Waals surface area (Å²) < 4.78 is 37.2. The van der Waals surface area contributed by atoms with Gasteiger partial charge < -0.3 is 10.6 Å². The van der Waals surface area contributed by atoms with Crippen molar-refractivity contribution in [2.45, 2.75) is 6.18 Å². The summed E-state index contributed by atoms with van der Waals surface area (Å²) >= 11 is 5.91. The van der Waals surface area contributed by atoms with Gasteiger partial charge in [0, 0.05) is 25.0 Å². The maximum atomic E-state index is 12.4. The van der Waals surface area contributed by atoms with E-state index in [1.54, 1.807) is 18.2 Å². The molecule has 0 aliphatic carbocycles. The molecule has 0 atom stereocenters. The molecule has 0 bridgehead atoms. The Bertz CT molecular complexity index is 708. The minimum Gasteiger partial charge on any atom is -0.383 e. The van der Waals surface area contributed by atoms with Crippen LogP contribution in [0.25, 0.3) is 0 Å². The van der Waals surface area contributed by atoms with E-state index < -0.39 is 11.7 Å². The van der Waals surface area contributed by atoms with Gasteiger partial charge >= 0.3 is 6.18 Å². The standard InChI is InChI=1S/C15H12ClF3N4/c16-13-7-12(3-1-10(13)8-20)21-5-6-22-14-4-2-11(9-23-14)15(17,18)19/h1-4,7,9,21H,5-6H2,(H,22,23). The molecule has 0 aliphatic rings. The van der Waals surface area contributed by atoms with Gasteiger partial charge in [0.05, 0.1) is 16.1 Å². The lowest BCUT2D eigenvalue weighted by Crippen LogP contribution is -2.14. The fraction of sp³-hybridized carbons (Fsp3) is 0.200. The number of nitrogens with zero attached hydrogens (tertiary/aromatic N) is 2. The Labute approximate surface area is 135 Å². The minimum atomic E-state index is -4.39. The molecule has 1 heterocycles. The second-order valence-electron chi connectivity index (χ2n) is 4.59. The molecule has 0 saturated carbocycles. The third-order valence-electron chi connectivity index (χ3n) is 2.94. The van der Waals surface area contributed by atoms with E-state index in [1.165, 1.54) is 6.07 Å². The van der Waals surface area contributed by atoms with Gasteiger partial charge in [-0.05, 0) is 30.3 Å². The predicted octanol–water partition coefficient (Wildman–Crippen LogP) is 4.15. The maximum Gasteiger partial charge on any atom is 0.417 e. The highest BCUT2D eigenvalue weighted by molar-refractivity contribution is 6.32. The lowest BCUT2D eigenvalue weighted by atomic mass is 10.2. The van der Waals surface area contributed by atoms with Crippen LogP contribution >= 0.6 is 11.6 Å². The average Bonchev–Trinajstić information content (AvgIpc) is 2.51. The third kappa shape index (κ3) is 4.76. The van der Waals surface area contributed by atoms with E-state index >= 15 is 0 Å². The highest BCUT2D eigenvalue weighted by atomic mass is 35.5. The van der Waals surface area contributed by atoms with Gasteiger partial charge in [-0.15, -0.1) is 0 Å². The summed E-state index contributed by atoms with van der Waals surface area (Å²) in [6.45, 7) is 0.959. The van der Waals surface area contributed by atoms with Crippen LogP contribution in [0.1, 0.15) is 11.1 Å². The van der Waals surface area contributed by atoms with Gasteiger partial charge in [-0.1, -0.05) is 11.6 Å². The molecular formula is C15H12ClF3N4. The van der Waals surface area contributed by atoms with E-state index in [9.17, 15) is 13.2 Å². The molecule has 0 unspecified atom stereocenters. The quantitative estimate of drug-likeness (QED) is 0.803. The Morgan fingerprint density at radius 2 is 1.87 bits per heavy atom. The number of pyridine rings is 1. The molecule has 1 aromatic heterocycles. The summed E-state index contributed by atoms with van der Waals surface area (Å²) in [5.74, 6) is 0.359. The van der Waals surface area contributed by atoms with E-state index in [0.29, 0.717) is 29.5 Å². The number of anilines is 2. The van der Waals surface area contributed by atoms with Crippen LogP contribution < -0.4 is 10.6 Å². The Hall–Kier alpha value is -2.46. The van der Waals surface area contributed by atoms with E-state index in [0.717, 1.165) is 18.0 Å². The first-order chi connectivity index (χ1) is 10.9. The molecule has 0 amide bonds. The average molecular weight is 341 g/mol. The molecule has 8 heteroatoms. The molecule has 120 valence electrons. The van der Waals surface area contributed by atoms with Crippen LogP contribution in [-0.2, 0) is 6.18 Å². The fourth-order valence-electron chi connectivity index (χ4n) is 1.78. The predicted molar refractivity (Wildman–Crippen MR) is 82.4 cm³/mol. The van der Waals surface area contributed by atoms with Crippen LogP contribution in [0.5, 0.6) is 0 Å². The van der Waals surface area contributed by atoms with Crippen molar-refractivity contribution < 1.29 is 13.2 Å². The molecule has 0 fully saturated rings. The van der Waals surface area contributed by atoms with Gasteiger partial charge in [-0.25, -0.2) is 4.98 Å². The fourth-order valence-corrected chi connectivity index (χ4v) is 2.00. The molecule has 1 aromatic carbocycles. The second kappa shape index (κ2) is 7.20. The molecular weight excluding hydrogens is 329 g/mol. The number of alkyl halides is 3. The van der Waals surface area contributed by atoms with Crippen molar-refractivity contribution in [3.63, 3.8) is 0 Å². The van der Waals surface area contributed by atoms with Crippen molar-refractivity contribution in [3.8, 4) is 6.07 Å². The summed E-state index contributed by atoms with van der Waals surface area (Å²) in [7, 11) is 0. The highest BCUT2D eigenvalue weighted by Gasteiger charge is 2.30. The largest absolute Gasteiger partial charge is 0.417 e. The topological polar surface area (TPSA) is 60.7 Å². The number of hydrogen-bond acceptors (Lipinski definition) is 4. The number of aromatic nitrogens is 1. The first kappa shape index (κ1) is 16.9. The number of nitrogens with one attached hydrogen (secondary N) is 2. The van der Waals surface area contributed by atoms with Gasteiger partial charge in [0.15, 0.2) is 0 Å². The van der Waals surface area contributed by atoms with Gasteiger partial charge in [-0.3, -0.25) is 0 Å². The third-order valence-corrected chi connectivity index (χ3v) is 3.25. The summed E-state index contributed by atoms with van der Waals surface area (Å²) in [5.41, 5.74) is 0.355. The van der Waals surface area contributed by atoms with Crippen LogP contribution in [0.15, 0.2) is 36.5 Å². The Morgan fingerprint density at radius 3 is 2.43 bits per heavy atom. The first-order valence-electron chi connectivity index (χ1n) is 6.61. The van der Waals surface area contributed by atoms with Crippen LogP contribution in [0, 0.1) is 11.3 Å². The number of benzene rings is 1. The van der Waals surface area contributed by atoms with Crippen molar-refractivity contribution in [1.29, 1.82) is 5.26 Å². The summed E-state index contributed by atoms with van der Waals surface area (Å²) in [6, 6.07) is 9.19. The molecule has 2 aromatic rings. The zero-order chi connectivity index (χ0) is 16.9. The van der Waals surface area contributed by atoms with E-state index in [1.807, 2.05) is 6.07 Å². The van der Waals surface area contributed by atoms with Gasteiger partial charge in [0.1, 0.15) is 11.9 Å². The summed E-state index contributed by atoms with van der Waals surface area (Å²) in [6.07, 6.45) is -3.60. The van der Waals surface area contributed by atoms with Gasteiger partial charge in [0.25, 0.3) is 0 Å². The number of halogens is 4. The SMILES string of the molecule is N#Cc1ccc(NCCNc2ccc(C(F)(F)F)cn2)cc1Cl. The van der Waals surface area contributed by atoms with Crippen LogP contribution in [-0.4, -0.2) is 18.1 Å². The molecule has 4 nitrogen and oxygen atoms in total. The molecule has 23 heavy (non-hydrogen) atoms. The highest BCUT2D eigenvalue weighted by Crippen LogP contribution is 2.28. The lowest BCUT2D eigenvalue weighted by molar-refractivity contribution is -0.137. The van der Waals surface area contributed by atoms with Crippen molar-refractivity contribution in [1.82, 2.24) is 4.98 Å². The Balaban J connectivity index is 1.81. The number of rotatable bonds is 5. The monoisotopic (exact) mass is 340 g/mol. The normalized spacial score (nSPS) is 10.9. The minimum absolute atomic E-state index is 0.356. The van der Waals surface area contributed by atoms with E-state index in [4.69, 9.17) is 16.9 Å². The zero-order valence-corrected chi connectivity index (χ0v) is 12.5. The Kier molecular flexibility index (Phi) is 5.29. The number of hydrogen-bond donors (Lipinski definition) is 2. The van der Waals surface area contributed by atoms with Crippen molar-refractivity contribution in [3.05, 3.63) is 52.7 Å². The molecule has 0 saturated heterocycles. The van der Waals surface area contributed by atoms with Crippen LogP contribution in [0.2, 0.25) is 5.02 Å². The van der Waals surface area contributed by atoms with Gasteiger partial charge in [0.2, 0.25) is 0 Å². The molecule has 0 radical (unpaired) electrons. The first-order valence-corrected chi connectivity index (χ1v) is 6.98.